The molecule has 4 nitrogen and oxygen atoms in total. The van der Waals surface area contributed by atoms with E-state index >= 15 is 0 Å². The van der Waals surface area contributed by atoms with Crippen LogP contribution in [0.5, 0.6) is 5.75 Å². The van der Waals surface area contributed by atoms with Gasteiger partial charge in [0.05, 0.1) is 17.3 Å². The Morgan fingerprint density at radius 2 is 1.75 bits per heavy atom. The van der Waals surface area contributed by atoms with Crippen molar-refractivity contribution in [2.45, 2.75) is 58.0 Å². The molecule has 1 fully saturated rings. The fraction of sp³-hybridized carbons (Fsp3) is 0.367. The average molecular weight is 507 g/mol. The third kappa shape index (κ3) is 5.22. The summed E-state index contributed by atoms with van der Waals surface area (Å²) in [6.07, 6.45) is 6.36. The standard InChI is InChI=1S/C30H32ClFN2O2/c1-3-20-4-6-21(7-5-20)22-8-10-23(11-9-22)24-12-15-28-29(16-24)36-19(2)18-34(28)30(35)33-25-13-14-27(32)26(31)17-25/h8-17,19-21H,3-7,18H2,1-2H3,(H,33,35). The Kier molecular flexibility index (Phi) is 7.20. The van der Waals surface area contributed by atoms with Crippen molar-refractivity contribution in [2.24, 2.45) is 5.92 Å². The lowest BCUT2D eigenvalue weighted by molar-refractivity contribution is 0.209. The number of fused-ring (bicyclic) bond motifs is 1. The molecule has 2 amide bonds. The Labute approximate surface area is 217 Å². The number of benzene rings is 3. The van der Waals surface area contributed by atoms with Crippen LogP contribution in [-0.2, 0) is 0 Å². The molecule has 1 aliphatic heterocycles. The highest BCUT2D eigenvalue weighted by Gasteiger charge is 2.28. The van der Waals surface area contributed by atoms with Gasteiger partial charge in [-0.2, -0.15) is 0 Å². The first kappa shape index (κ1) is 24.6. The largest absolute Gasteiger partial charge is 0.487 e. The number of carbonyl (C=O) groups is 1. The van der Waals surface area contributed by atoms with Gasteiger partial charge < -0.3 is 10.1 Å². The molecule has 188 valence electrons. The smallest absolute Gasteiger partial charge is 0.326 e. The molecule has 3 aromatic carbocycles. The number of ether oxygens (including phenoxy) is 1. The van der Waals surface area contributed by atoms with Crippen LogP contribution in [0.2, 0.25) is 5.02 Å². The van der Waals surface area contributed by atoms with Gasteiger partial charge in [0.1, 0.15) is 17.7 Å². The van der Waals surface area contributed by atoms with Gasteiger partial charge in [0.15, 0.2) is 0 Å². The minimum Gasteiger partial charge on any atom is -0.487 e. The van der Waals surface area contributed by atoms with Crippen molar-refractivity contribution in [1.29, 1.82) is 0 Å². The van der Waals surface area contributed by atoms with Crippen LogP contribution in [0.1, 0.15) is 57.4 Å². The predicted molar refractivity (Wildman–Crippen MR) is 145 cm³/mol. The van der Waals surface area contributed by atoms with Crippen LogP contribution in [0.3, 0.4) is 0 Å². The van der Waals surface area contributed by atoms with Crippen molar-refractivity contribution in [3.05, 3.63) is 77.1 Å². The van der Waals surface area contributed by atoms with E-state index in [1.54, 1.807) is 4.90 Å². The second-order valence-electron chi connectivity index (χ2n) is 10.0. The number of amides is 2. The van der Waals surface area contributed by atoms with E-state index in [1.165, 1.54) is 55.9 Å². The van der Waals surface area contributed by atoms with E-state index in [9.17, 15) is 9.18 Å². The van der Waals surface area contributed by atoms with Crippen LogP contribution in [0.25, 0.3) is 11.1 Å². The van der Waals surface area contributed by atoms with Crippen molar-refractivity contribution in [3.8, 4) is 16.9 Å². The fourth-order valence-corrected chi connectivity index (χ4v) is 5.61. The number of anilines is 2. The van der Waals surface area contributed by atoms with Crippen LogP contribution >= 0.6 is 11.6 Å². The number of urea groups is 1. The first-order chi connectivity index (χ1) is 17.4. The van der Waals surface area contributed by atoms with Gasteiger partial charge in [-0.15, -0.1) is 0 Å². The number of hydrogen-bond donors (Lipinski definition) is 1. The predicted octanol–water partition coefficient (Wildman–Crippen LogP) is 8.65. The summed E-state index contributed by atoms with van der Waals surface area (Å²) >= 11 is 5.87. The molecule has 0 bridgehead atoms. The van der Waals surface area contributed by atoms with Crippen LogP contribution in [0, 0.1) is 11.7 Å². The third-order valence-corrected chi connectivity index (χ3v) is 7.86. The highest BCUT2D eigenvalue weighted by atomic mass is 35.5. The first-order valence-electron chi connectivity index (χ1n) is 12.9. The molecule has 36 heavy (non-hydrogen) atoms. The highest BCUT2D eigenvalue weighted by molar-refractivity contribution is 6.31. The van der Waals surface area contributed by atoms with Gasteiger partial charge in [-0.3, -0.25) is 4.90 Å². The molecule has 5 rings (SSSR count). The number of halogens is 2. The van der Waals surface area contributed by atoms with E-state index in [0.29, 0.717) is 29.6 Å². The number of carbonyl (C=O) groups excluding carboxylic acids is 1. The summed E-state index contributed by atoms with van der Waals surface area (Å²) in [6.45, 7) is 4.64. The molecule has 1 aliphatic carbocycles. The van der Waals surface area contributed by atoms with E-state index in [2.05, 4.69) is 36.5 Å². The topological polar surface area (TPSA) is 41.6 Å². The molecule has 0 spiro atoms. The normalized spacial score (nSPS) is 21.4. The average Bonchev–Trinajstić information content (AvgIpc) is 2.90. The Morgan fingerprint density at radius 3 is 2.44 bits per heavy atom. The van der Waals surface area contributed by atoms with Gasteiger partial charge in [-0.1, -0.05) is 55.3 Å². The number of nitrogens with zero attached hydrogens (tertiary/aromatic N) is 1. The van der Waals surface area contributed by atoms with Crippen molar-refractivity contribution in [3.63, 3.8) is 0 Å². The maximum Gasteiger partial charge on any atom is 0.326 e. The summed E-state index contributed by atoms with van der Waals surface area (Å²) in [7, 11) is 0. The zero-order chi connectivity index (χ0) is 25.2. The molecule has 6 heteroatoms. The van der Waals surface area contributed by atoms with Crippen LogP contribution < -0.4 is 15.0 Å². The second-order valence-corrected chi connectivity index (χ2v) is 10.4. The Hall–Kier alpha value is -3.05. The quantitative estimate of drug-likeness (QED) is 0.384. The van der Waals surface area contributed by atoms with Crippen molar-refractivity contribution >= 4 is 29.0 Å². The lowest BCUT2D eigenvalue weighted by atomic mass is 9.77. The SMILES string of the molecule is CCC1CCC(c2ccc(-c3ccc4c(c3)OC(C)CN4C(=O)Nc3ccc(F)c(Cl)c3)cc2)CC1. The molecule has 0 saturated heterocycles. The van der Waals surface area contributed by atoms with Gasteiger partial charge in [-0.05, 0) is 91.5 Å². The molecule has 1 atom stereocenters. The van der Waals surface area contributed by atoms with Crippen LogP contribution in [0.4, 0.5) is 20.6 Å². The first-order valence-corrected chi connectivity index (χ1v) is 13.2. The minimum absolute atomic E-state index is 0.0344. The Bertz CT molecular complexity index is 1240. The molecule has 1 saturated carbocycles. The van der Waals surface area contributed by atoms with Gasteiger partial charge in [0, 0.05) is 5.69 Å². The molecular weight excluding hydrogens is 475 g/mol. The Morgan fingerprint density at radius 1 is 1.03 bits per heavy atom. The van der Waals surface area contributed by atoms with Gasteiger partial charge in [-0.25, -0.2) is 9.18 Å². The summed E-state index contributed by atoms with van der Waals surface area (Å²) in [5.74, 6) is 1.70. The maximum atomic E-state index is 13.5. The van der Waals surface area contributed by atoms with E-state index in [-0.39, 0.29) is 17.2 Å². The third-order valence-electron chi connectivity index (χ3n) is 7.57. The van der Waals surface area contributed by atoms with Crippen molar-refractivity contribution in [2.75, 3.05) is 16.8 Å². The van der Waals surface area contributed by atoms with Gasteiger partial charge >= 0.3 is 6.03 Å². The summed E-state index contributed by atoms with van der Waals surface area (Å²) in [6, 6.07) is 18.7. The lowest BCUT2D eigenvalue weighted by Crippen LogP contribution is -2.44. The number of nitrogens with one attached hydrogen (secondary N) is 1. The molecule has 1 unspecified atom stereocenters. The number of rotatable bonds is 4. The summed E-state index contributed by atoms with van der Waals surface area (Å²) < 4.78 is 19.6. The number of hydrogen-bond acceptors (Lipinski definition) is 2. The van der Waals surface area contributed by atoms with E-state index in [0.717, 1.165) is 17.0 Å². The van der Waals surface area contributed by atoms with E-state index < -0.39 is 5.82 Å². The van der Waals surface area contributed by atoms with Crippen LogP contribution in [-0.4, -0.2) is 18.7 Å². The Balaban J connectivity index is 1.33. The lowest BCUT2D eigenvalue weighted by Gasteiger charge is -2.33. The monoisotopic (exact) mass is 506 g/mol. The van der Waals surface area contributed by atoms with Crippen molar-refractivity contribution < 1.29 is 13.9 Å². The zero-order valence-corrected chi connectivity index (χ0v) is 21.5. The molecule has 1 heterocycles. The van der Waals surface area contributed by atoms with Gasteiger partial charge in [0.25, 0.3) is 0 Å². The molecule has 3 aromatic rings. The van der Waals surface area contributed by atoms with E-state index in [4.69, 9.17) is 16.3 Å². The molecule has 0 aromatic heterocycles. The maximum absolute atomic E-state index is 13.5. The zero-order valence-electron chi connectivity index (χ0n) is 20.8. The highest BCUT2D eigenvalue weighted by Crippen LogP contribution is 2.40. The minimum atomic E-state index is -0.524. The molecule has 1 N–H and O–H groups in total. The van der Waals surface area contributed by atoms with E-state index in [1.807, 2.05) is 25.1 Å². The molecule has 0 radical (unpaired) electrons. The second kappa shape index (κ2) is 10.5. The van der Waals surface area contributed by atoms with Crippen molar-refractivity contribution in [1.82, 2.24) is 0 Å². The summed E-state index contributed by atoms with van der Waals surface area (Å²) in [5, 5.41) is 2.78. The molecule has 2 aliphatic rings. The molecular formula is C30H32ClFN2O2. The summed E-state index contributed by atoms with van der Waals surface area (Å²) in [4.78, 5) is 14.7. The summed E-state index contributed by atoms with van der Waals surface area (Å²) in [5.41, 5.74) is 4.75. The fourth-order valence-electron chi connectivity index (χ4n) is 5.43. The van der Waals surface area contributed by atoms with Crippen LogP contribution in [0.15, 0.2) is 60.7 Å². The van der Waals surface area contributed by atoms with Gasteiger partial charge in [0.2, 0.25) is 0 Å².